The molecule has 6 nitrogen and oxygen atoms in total. The average Bonchev–Trinajstić information content (AvgIpc) is 2.90. The fourth-order valence-corrected chi connectivity index (χ4v) is 3.41. The number of rotatable bonds is 3. The number of amides is 1. The maximum Gasteiger partial charge on any atom is 0.490 e. The van der Waals surface area contributed by atoms with Crippen LogP contribution >= 0.6 is 0 Å². The molecule has 0 aliphatic carbocycles. The molecular formula is C19H25F3N2O4. The molecule has 1 aromatic carbocycles. The van der Waals surface area contributed by atoms with Crippen LogP contribution in [-0.4, -0.2) is 72.4 Å². The van der Waals surface area contributed by atoms with Crippen molar-refractivity contribution in [1.29, 1.82) is 0 Å². The van der Waals surface area contributed by atoms with Crippen LogP contribution in [0, 0.1) is 12.8 Å². The number of carboxylic acids is 1. The van der Waals surface area contributed by atoms with Crippen LogP contribution in [-0.2, 0) is 20.9 Å². The molecule has 1 aromatic rings. The Morgan fingerprint density at radius 3 is 2.29 bits per heavy atom. The van der Waals surface area contributed by atoms with E-state index in [0.717, 1.165) is 26.1 Å². The number of fused-ring (bicyclic) bond motifs is 2. The van der Waals surface area contributed by atoms with Crippen LogP contribution in [0.2, 0.25) is 0 Å². The third kappa shape index (κ3) is 5.93. The van der Waals surface area contributed by atoms with Gasteiger partial charge in [0.1, 0.15) is 0 Å². The van der Waals surface area contributed by atoms with Gasteiger partial charge in [0.25, 0.3) is 0 Å². The first kappa shape index (κ1) is 22.2. The molecule has 0 saturated carbocycles. The second kappa shape index (κ2) is 8.91. The third-order valence-corrected chi connectivity index (χ3v) is 4.76. The van der Waals surface area contributed by atoms with E-state index in [0.29, 0.717) is 0 Å². The first-order valence-corrected chi connectivity index (χ1v) is 8.92. The molecule has 28 heavy (non-hydrogen) atoms. The zero-order chi connectivity index (χ0) is 21.1. The quantitative estimate of drug-likeness (QED) is 0.840. The molecule has 3 rings (SSSR count). The number of ether oxygens (including phenoxy) is 1. The summed E-state index contributed by atoms with van der Waals surface area (Å²) in [5.41, 5.74) is 2.62. The van der Waals surface area contributed by atoms with Gasteiger partial charge in [-0.25, -0.2) is 4.79 Å². The number of hydrogen-bond donors (Lipinski definition) is 1. The molecule has 1 N–H and O–H groups in total. The Labute approximate surface area is 161 Å². The van der Waals surface area contributed by atoms with E-state index in [1.54, 1.807) is 4.90 Å². The van der Waals surface area contributed by atoms with Crippen LogP contribution < -0.4 is 0 Å². The van der Waals surface area contributed by atoms with Gasteiger partial charge in [0.15, 0.2) is 0 Å². The lowest BCUT2D eigenvalue weighted by Gasteiger charge is -2.33. The maximum absolute atomic E-state index is 12.2. The summed E-state index contributed by atoms with van der Waals surface area (Å²) in [6.45, 7) is 4.84. The minimum absolute atomic E-state index is 0.0352. The van der Waals surface area contributed by atoms with Crippen molar-refractivity contribution in [3.8, 4) is 0 Å². The average molecular weight is 402 g/mol. The molecular weight excluding hydrogens is 377 g/mol. The second-order valence-electron chi connectivity index (χ2n) is 7.35. The van der Waals surface area contributed by atoms with Crippen LogP contribution in [0.1, 0.15) is 17.5 Å². The normalized spacial score (nSPS) is 24.3. The van der Waals surface area contributed by atoms with Crippen LogP contribution in [0.3, 0.4) is 0 Å². The van der Waals surface area contributed by atoms with Crippen molar-refractivity contribution in [3.05, 3.63) is 35.4 Å². The smallest absolute Gasteiger partial charge is 0.475 e. The zero-order valence-corrected chi connectivity index (χ0v) is 16.1. The number of nitrogens with zero attached hydrogens (tertiary/aromatic N) is 2. The summed E-state index contributed by atoms with van der Waals surface area (Å²) in [6, 6.07) is 8.69. The molecule has 9 heteroatoms. The van der Waals surface area contributed by atoms with E-state index >= 15 is 0 Å². The third-order valence-electron chi connectivity index (χ3n) is 4.76. The molecule has 2 bridgehead atoms. The predicted octanol–water partition coefficient (Wildman–Crippen LogP) is 2.31. The Balaban J connectivity index is 0.000000345. The number of aryl methyl sites for hydroxylation is 1. The molecule has 3 atom stereocenters. The van der Waals surface area contributed by atoms with Gasteiger partial charge >= 0.3 is 12.1 Å². The monoisotopic (exact) mass is 402 g/mol. The van der Waals surface area contributed by atoms with Gasteiger partial charge < -0.3 is 14.7 Å². The Morgan fingerprint density at radius 1 is 1.21 bits per heavy atom. The van der Waals surface area contributed by atoms with Crippen LogP contribution in [0.15, 0.2) is 24.3 Å². The van der Waals surface area contributed by atoms with E-state index in [2.05, 4.69) is 36.1 Å². The lowest BCUT2D eigenvalue weighted by Crippen LogP contribution is -2.44. The Bertz CT molecular complexity index is 691. The van der Waals surface area contributed by atoms with Crippen molar-refractivity contribution in [2.75, 3.05) is 27.2 Å². The molecule has 2 fully saturated rings. The number of likely N-dealkylation sites (tertiary alicyclic amines) is 1. The summed E-state index contributed by atoms with van der Waals surface area (Å²) in [5.74, 6) is -2.51. The van der Waals surface area contributed by atoms with E-state index in [1.165, 1.54) is 11.1 Å². The topological polar surface area (TPSA) is 70.1 Å². The molecule has 3 unspecified atom stereocenters. The lowest BCUT2D eigenvalue weighted by atomic mass is 9.99. The van der Waals surface area contributed by atoms with Gasteiger partial charge in [-0.05, 0) is 18.9 Å². The summed E-state index contributed by atoms with van der Waals surface area (Å²) in [7, 11) is 3.66. The standard InChI is InChI=1S/C17H24N2O2.C2HF3O2/c1-12-4-6-13(7-5-12)9-19-10-14-8-15(16(11-19)21-14)17(20)18(2)3;3-2(4,5)1(6)7/h4-7,14-16H,8-11H2,1-3H3;(H,6,7). The van der Waals surface area contributed by atoms with Gasteiger partial charge in [-0.2, -0.15) is 13.2 Å². The molecule has 1 amide bonds. The highest BCUT2D eigenvalue weighted by Gasteiger charge is 2.45. The summed E-state index contributed by atoms with van der Waals surface area (Å²) in [6.07, 6.45) is -3.95. The van der Waals surface area contributed by atoms with Gasteiger partial charge in [-0.3, -0.25) is 9.69 Å². The summed E-state index contributed by atoms with van der Waals surface area (Å²) < 4.78 is 37.7. The Morgan fingerprint density at radius 2 is 1.79 bits per heavy atom. The largest absolute Gasteiger partial charge is 0.490 e. The van der Waals surface area contributed by atoms with Gasteiger partial charge in [0.2, 0.25) is 5.91 Å². The number of morpholine rings is 1. The lowest BCUT2D eigenvalue weighted by molar-refractivity contribution is -0.192. The van der Waals surface area contributed by atoms with Crippen molar-refractivity contribution in [2.24, 2.45) is 5.92 Å². The molecule has 0 aromatic heterocycles. The SMILES string of the molecule is Cc1ccc(CN2CC3CC(C(=O)N(C)C)C(C2)O3)cc1.O=C(O)C(F)(F)F. The highest BCUT2D eigenvalue weighted by molar-refractivity contribution is 5.79. The summed E-state index contributed by atoms with van der Waals surface area (Å²) in [4.78, 5) is 25.2. The molecule has 0 spiro atoms. The van der Waals surface area contributed by atoms with Crippen molar-refractivity contribution in [1.82, 2.24) is 9.80 Å². The molecule has 2 aliphatic rings. The van der Waals surface area contributed by atoms with E-state index in [-0.39, 0.29) is 24.0 Å². The number of benzene rings is 1. The first-order chi connectivity index (χ1) is 13.0. The Hall–Kier alpha value is -2.13. The number of carbonyl (C=O) groups is 2. The number of alkyl halides is 3. The van der Waals surface area contributed by atoms with Crippen molar-refractivity contribution in [3.63, 3.8) is 0 Å². The fourth-order valence-electron chi connectivity index (χ4n) is 3.41. The predicted molar refractivity (Wildman–Crippen MR) is 95.6 cm³/mol. The minimum atomic E-state index is -5.08. The minimum Gasteiger partial charge on any atom is -0.475 e. The number of carbonyl (C=O) groups excluding carboxylic acids is 1. The molecule has 2 aliphatic heterocycles. The number of hydrogen-bond acceptors (Lipinski definition) is 4. The van der Waals surface area contributed by atoms with E-state index in [4.69, 9.17) is 14.6 Å². The van der Waals surface area contributed by atoms with Gasteiger partial charge in [-0.15, -0.1) is 0 Å². The van der Waals surface area contributed by atoms with Crippen molar-refractivity contribution < 1.29 is 32.6 Å². The second-order valence-corrected chi connectivity index (χ2v) is 7.35. The fraction of sp³-hybridized carbons (Fsp3) is 0.579. The van der Waals surface area contributed by atoms with Crippen molar-refractivity contribution in [2.45, 2.75) is 38.3 Å². The van der Waals surface area contributed by atoms with Crippen molar-refractivity contribution >= 4 is 11.9 Å². The number of halogens is 3. The summed E-state index contributed by atoms with van der Waals surface area (Å²) >= 11 is 0. The number of aliphatic carboxylic acids is 1. The Kier molecular flexibility index (Phi) is 7.06. The van der Waals surface area contributed by atoms with Crippen LogP contribution in [0.25, 0.3) is 0 Å². The van der Waals surface area contributed by atoms with Gasteiger partial charge in [0, 0.05) is 33.7 Å². The first-order valence-electron chi connectivity index (χ1n) is 8.92. The summed E-state index contributed by atoms with van der Waals surface area (Å²) in [5, 5.41) is 7.12. The van der Waals surface area contributed by atoms with Gasteiger partial charge in [0.05, 0.1) is 18.1 Å². The molecule has 2 heterocycles. The highest BCUT2D eigenvalue weighted by Crippen LogP contribution is 2.33. The van der Waals surface area contributed by atoms with E-state index in [1.807, 2.05) is 14.1 Å². The van der Waals surface area contributed by atoms with Crippen LogP contribution in [0.4, 0.5) is 13.2 Å². The zero-order valence-electron chi connectivity index (χ0n) is 16.1. The van der Waals surface area contributed by atoms with E-state index < -0.39 is 12.1 Å². The number of carboxylic acid groups (broad SMARTS) is 1. The molecule has 2 saturated heterocycles. The van der Waals surface area contributed by atoms with Crippen LogP contribution in [0.5, 0.6) is 0 Å². The maximum atomic E-state index is 12.2. The highest BCUT2D eigenvalue weighted by atomic mass is 19.4. The molecule has 0 radical (unpaired) electrons. The van der Waals surface area contributed by atoms with E-state index in [9.17, 15) is 18.0 Å². The molecule has 156 valence electrons. The van der Waals surface area contributed by atoms with Gasteiger partial charge in [-0.1, -0.05) is 29.8 Å².